The number of nitrogens with one attached hydrogen (secondary N) is 2. The smallest absolute Gasteiger partial charge is 0.407 e. The molecular formula is C25H30N2O5. The van der Waals surface area contributed by atoms with E-state index in [9.17, 15) is 19.5 Å². The zero-order valence-corrected chi connectivity index (χ0v) is 18.7. The van der Waals surface area contributed by atoms with Gasteiger partial charge in [0.25, 0.3) is 0 Å². The number of rotatable bonds is 9. The average Bonchev–Trinajstić information content (AvgIpc) is 3.05. The number of carboxylic acid groups (broad SMARTS) is 1. The number of aliphatic carboxylic acids is 1. The van der Waals surface area contributed by atoms with Crippen LogP contribution in [0.25, 0.3) is 11.1 Å². The van der Waals surface area contributed by atoms with Crippen molar-refractivity contribution in [3.8, 4) is 11.1 Å². The Bertz CT molecular complexity index is 956. The van der Waals surface area contributed by atoms with Crippen LogP contribution in [0.2, 0.25) is 0 Å². The van der Waals surface area contributed by atoms with Gasteiger partial charge in [-0.25, -0.2) is 9.59 Å². The molecular weight excluding hydrogens is 408 g/mol. The molecule has 7 heteroatoms. The second kappa shape index (κ2) is 9.85. The summed E-state index contributed by atoms with van der Waals surface area (Å²) in [5, 5.41) is 14.4. The molecule has 1 unspecified atom stereocenters. The molecule has 0 spiro atoms. The molecule has 0 saturated carbocycles. The van der Waals surface area contributed by atoms with E-state index in [1.165, 1.54) is 13.8 Å². The van der Waals surface area contributed by atoms with Crippen LogP contribution in [0, 0.1) is 0 Å². The molecule has 3 rings (SSSR count). The lowest BCUT2D eigenvalue weighted by Crippen LogP contribution is -2.51. The topological polar surface area (TPSA) is 105 Å². The van der Waals surface area contributed by atoms with Crippen LogP contribution in [-0.2, 0) is 14.3 Å². The van der Waals surface area contributed by atoms with Gasteiger partial charge in [0, 0.05) is 18.4 Å². The first-order valence-electron chi connectivity index (χ1n) is 10.9. The molecule has 0 heterocycles. The van der Waals surface area contributed by atoms with Gasteiger partial charge in [-0.2, -0.15) is 0 Å². The highest BCUT2D eigenvalue weighted by atomic mass is 16.5. The summed E-state index contributed by atoms with van der Waals surface area (Å²) in [6.45, 7) is 4.98. The molecule has 0 saturated heterocycles. The molecule has 1 aliphatic carbocycles. The Morgan fingerprint density at radius 1 is 1.03 bits per heavy atom. The first-order valence-corrected chi connectivity index (χ1v) is 10.9. The van der Waals surface area contributed by atoms with Crippen molar-refractivity contribution in [3.63, 3.8) is 0 Å². The van der Waals surface area contributed by atoms with Gasteiger partial charge in [0.15, 0.2) is 0 Å². The largest absolute Gasteiger partial charge is 0.480 e. The standard InChI is InChI=1S/C25H30N2O5/c1-4-9-16(14-22(28)27-25(2,3)23(29)30)26-24(31)32-15-21-19-12-7-5-10-17(19)18-11-6-8-13-20(18)21/h5-8,10-13,16,21H,4,9,14-15H2,1-3H3,(H,26,31)(H,27,28)(H,29,30). The van der Waals surface area contributed by atoms with E-state index in [1.807, 2.05) is 31.2 Å². The Balaban J connectivity index is 1.60. The lowest BCUT2D eigenvalue weighted by atomic mass is 9.98. The Kier molecular flexibility index (Phi) is 7.18. The maximum atomic E-state index is 12.5. The lowest BCUT2D eigenvalue weighted by Gasteiger charge is -2.24. The minimum absolute atomic E-state index is 0.0191. The third-order valence-electron chi connectivity index (χ3n) is 5.72. The van der Waals surface area contributed by atoms with E-state index in [0.717, 1.165) is 28.7 Å². The van der Waals surface area contributed by atoms with Gasteiger partial charge >= 0.3 is 12.1 Å². The molecule has 0 aliphatic heterocycles. The van der Waals surface area contributed by atoms with Crippen LogP contribution >= 0.6 is 0 Å². The van der Waals surface area contributed by atoms with E-state index in [0.29, 0.717) is 6.42 Å². The zero-order valence-electron chi connectivity index (χ0n) is 18.7. The maximum Gasteiger partial charge on any atom is 0.407 e. The van der Waals surface area contributed by atoms with Crippen molar-refractivity contribution in [2.24, 2.45) is 0 Å². The summed E-state index contributed by atoms with van der Waals surface area (Å²) in [5.41, 5.74) is 3.18. The van der Waals surface area contributed by atoms with Crippen LogP contribution in [0.3, 0.4) is 0 Å². The van der Waals surface area contributed by atoms with Gasteiger partial charge in [-0.05, 0) is 42.5 Å². The van der Waals surface area contributed by atoms with E-state index in [2.05, 4.69) is 34.9 Å². The van der Waals surface area contributed by atoms with Gasteiger partial charge in [-0.3, -0.25) is 4.79 Å². The fraction of sp³-hybridized carbons (Fsp3) is 0.400. The number of hydrogen-bond donors (Lipinski definition) is 3. The van der Waals surface area contributed by atoms with Crippen molar-refractivity contribution < 1.29 is 24.2 Å². The van der Waals surface area contributed by atoms with E-state index < -0.39 is 29.6 Å². The summed E-state index contributed by atoms with van der Waals surface area (Å²) in [4.78, 5) is 36.1. The minimum atomic E-state index is -1.38. The summed E-state index contributed by atoms with van der Waals surface area (Å²) < 4.78 is 5.56. The number of benzene rings is 2. The predicted octanol–water partition coefficient (Wildman–Crippen LogP) is 4.06. The van der Waals surface area contributed by atoms with Crippen LogP contribution in [0.15, 0.2) is 48.5 Å². The Morgan fingerprint density at radius 3 is 2.12 bits per heavy atom. The molecule has 32 heavy (non-hydrogen) atoms. The summed E-state index contributed by atoms with van der Waals surface area (Å²) in [5.74, 6) is -1.60. The zero-order chi connectivity index (χ0) is 23.3. The van der Waals surface area contributed by atoms with Crippen molar-refractivity contribution in [2.45, 2.75) is 57.5 Å². The lowest BCUT2D eigenvalue weighted by molar-refractivity contribution is -0.146. The van der Waals surface area contributed by atoms with Gasteiger partial charge in [0.1, 0.15) is 12.1 Å². The molecule has 0 aromatic heterocycles. The normalized spacial score (nSPS) is 13.6. The molecule has 2 amide bonds. The van der Waals surface area contributed by atoms with Crippen molar-refractivity contribution in [1.82, 2.24) is 10.6 Å². The first-order chi connectivity index (χ1) is 15.2. The number of alkyl carbamates (subject to hydrolysis) is 1. The number of carbonyl (C=O) groups excluding carboxylic acids is 2. The van der Waals surface area contributed by atoms with Crippen molar-refractivity contribution >= 4 is 18.0 Å². The van der Waals surface area contributed by atoms with E-state index >= 15 is 0 Å². The van der Waals surface area contributed by atoms with Crippen LogP contribution in [-0.4, -0.2) is 41.3 Å². The van der Waals surface area contributed by atoms with E-state index in [1.54, 1.807) is 0 Å². The molecule has 3 N–H and O–H groups in total. The van der Waals surface area contributed by atoms with Crippen LogP contribution in [0.4, 0.5) is 4.79 Å². The first kappa shape index (κ1) is 23.3. The predicted molar refractivity (Wildman–Crippen MR) is 121 cm³/mol. The number of carbonyl (C=O) groups is 3. The highest BCUT2D eigenvalue weighted by Crippen LogP contribution is 2.44. The Hall–Kier alpha value is -3.35. The SMILES string of the molecule is CCCC(CC(=O)NC(C)(C)C(=O)O)NC(=O)OCC1c2ccccc2-c2ccccc21. The third-order valence-corrected chi connectivity index (χ3v) is 5.72. The summed E-state index contributed by atoms with van der Waals surface area (Å²) >= 11 is 0. The van der Waals surface area contributed by atoms with Crippen LogP contribution in [0.1, 0.15) is 57.1 Å². The Labute approximate surface area is 188 Å². The third kappa shape index (κ3) is 5.28. The monoisotopic (exact) mass is 438 g/mol. The van der Waals surface area contributed by atoms with Crippen LogP contribution < -0.4 is 10.6 Å². The van der Waals surface area contributed by atoms with Crippen molar-refractivity contribution in [1.29, 1.82) is 0 Å². The fourth-order valence-electron chi connectivity index (χ4n) is 4.06. The number of amides is 2. The highest BCUT2D eigenvalue weighted by molar-refractivity contribution is 5.86. The molecule has 0 bridgehead atoms. The second-order valence-electron chi connectivity index (χ2n) is 8.64. The number of ether oxygens (including phenoxy) is 1. The summed E-state index contributed by atoms with van der Waals surface area (Å²) in [6, 6.07) is 15.8. The number of hydrogen-bond acceptors (Lipinski definition) is 4. The maximum absolute atomic E-state index is 12.5. The van der Waals surface area contributed by atoms with Gasteiger partial charge in [0.2, 0.25) is 5.91 Å². The Morgan fingerprint density at radius 2 is 1.59 bits per heavy atom. The molecule has 1 atom stereocenters. The van der Waals surface area contributed by atoms with Crippen molar-refractivity contribution in [2.75, 3.05) is 6.61 Å². The van der Waals surface area contributed by atoms with E-state index in [-0.39, 0.29) is 18.9 Å². The highest BCUT2D eigenvalue weighted by Gasteiger charge is 2.31. The molecule has 0 radical (unpaired) electrons. The quantitative estimate of drug-likeness (QED) is 0.548. The van der Waals surface area contributed by atoms with Crippen molar-refractivity contribution in [3.05, 3.63) is 59.7 Å². The van der Waals surface area contributed by atoms with Gasteiger partial charge in [0.05, 0.1) is 0 Å². The van der Waals surface area contributed by atoms with E-state index in [4.69, 9.17) is 4.74 Å². The fourth-order valence-corrected chi connectivity index (χ4v) is 4.06. The molecule has 2 aromatic rings. The number of carboxylic acids is 1. The summed E-state index contributed by atoms with van der Waals surface area (Å²) in [7, 11) is 0. The molecule has 7 nitrogen and oxygen atoms in total. The summed E-state index contributed by atoms with van der Waals surface area (Å²) in [6.07, 6.45) is 0.722. The second-order valence-corrected chi connectivity index (χ2v) is 8.64. The number of fused-ring (bicyclic) bond motifs is 3. The molecule has 170 valence electrons. The molecule has 0 fully saturated rings. The van der Waals surface area contributed by atoms with Gasteiger partial charge < -0.3 is 20.5 Å². The minimum Gasteiger partial charge on any atom is -0.480 e. The van der Waals surface area contributed by atoms with Crippen LogP contribution in [0.5, 0.6) is 0 Å². The average molecular weight is 439 g/mol. The van der Waals surface area contributed by atoms with Gasteiger partial charge in [-0.1, -0.05) is 61.9 Å². The molecule has 2 aromatic carbocycles. The van der Waals surface area contributed by atoms with Gasteiger partial charge in [-0.15, -0.1) is 0 Å². The molecule has 1 aliphatic rings.